The Bertz CT molecular complexity index is 649. The van der Waals surface area contributed by atoms with E-state index in [-0.39, 0.29) is 18.3 Å². The van der Waals surface area contributed by atoms with E-state index in [2.05, 4.69) is 0 Å². The Balaban J connectivity index is 1.72. The van der Waals surface area contributed by atoms with E-state index in [1.54, 1.807) is 31.3 Å². The van der Waals surface area contributed by atoms with E-state index in [4.69, 9.17) is 21.1 Å². The molecule has 0 radical (unpaired) electrons. The van der Waals surface area contributed by atoms with E-state index >= 15 is 0 Å². The molecule has 4 nitrogen and oxygen atoms in total. The molecule has 2 aromatic carbocycles. The van der Waals surface area contributed by atoms with Gasteiger partial charge in [0, 0.05) is 7.05 Å². The molecule has 1 amide bonds. The quantitative estimate of drug-likeness (QED) is 0.777. The summed E-state index contributed by atoms with van der Waals surface area (Å²) in [5, 5.41) is 0.461. The van der Waals surface area contributed by atoms with Crippen molar-refractivity contribution in [2.75, 3.05) is 26.8 Å². The van der Waals surface area contributed by atoms with Gasteiger partial charge < -0.3 is 14.4 Å². The van der Waals surface area contributed by atoms with E-state index in [1.807, 2.05) is 0 Å². The van der Waals surface area contributed by atoms with Crippen molar-refractivity contribution in [3.05, 3.63) is 59.4 Å². The molecule has 122 valence electrons. The molecule has 0 saturated carbocycles. The minimum absolute atomic E-state index is 0.100. The number of amides is 1. The van der Waals surface area contributed by atoms with Gasteiger partial charge in [0.15, 0.2) is 6.61 Å². The summed E-state index contributed by atoms with van der Waals surface area (Å²) < 4.78 is 23.6. The Hall–Kier alpha value is -2.27. The molecule has 0 spiro atoms. The lowest BCUT2D eigenvalue weighted by atomic mass is 10.3. The zero-order valence-electron chi connectivity index (χ0n) is 12.7. The molecule has 0 aromatic heterocycles. The van der Waals surface area contributed by atoms with Crippen molar-refractivity contribution in [3.8, 4) is 11.5 Å². The molecular weight excluding hydrogens is 321 g/mol. The van der Waals surface area contributed by atoms with Crippen LogP contribution in [-0.2, 0) is 4.79 Å². The fourth-order valence-corrected chi connectivity index (χ4v) is 1.96. The average molecular weight is 338 g/mol. The van der Waals surface area contributed by atoms with Crippen LogP contribution < -0.4 is 9.47 Å². The molecule has 0 saturated heterocycles. The first-order valence-electron chi connectivity index (χ1n) is 7.06. The van der Waals surface area contributed by atoms with Gasteiger partial charge in [0.05, 0.1) is 11.6 Å². The first kappa shape index (κ1) is 17.1. The molecular formula is C17H17ClFNO3. The number of benzene rings is 2. The maximum absolute atomic E-state index is 12.8. The van der Waals surface area contributed by atoms with Gasteiger partial charge in [-0.1, -0.05) is 23.7 Å². The van der Waals surface area contributed by atoms with Crippen molar-refractivity contribution < 1.29 is 18.7 Å². The summed E-state index contributed by atoms with van der Waals surface area (Å²) >= 11 is 5.95. The number of carbonyl (C=O) groups excluding carboxylic acids is 1. The van der Waals surface area contributed by atoms with Gasteiger partial charge in [0.1, 0.15) is 23.9 Å². The van der Waals surface area contributed by atoms with Crippen molar-refractivity contribution in [2.45, 2.75) is 0 Å². The predicted octanol–water partition coefficient (Wildman–Crippen LogP) is 3.40. The number of ether oxygens (including phenoxy) is 2. The van der Waals surface area contributed by atoms with Crippen LogP contribution in [0, 0.1) is 5.82 Å². The van der Waals surface area contributed by atoms with E-state index in [0.717, 1.165) is 0 Å². The Morgan fingerprint density at radius 3 is 2.52 bits per heavy atom. The number of rotatable bonds is 7. The number of likely N-dealkylation sites (N-methyl/N-ethyl adjacent to an activating group) is 1. The van der Waals surface area contributed by atoms with Crippen LogP contribution in [0.25, 0.3) is 0 Å². The van der Waals surface area contributed by atoms with Crippen LogP contribution in [0.2, 0.25) is 5.02 Å². The summed E-state index contributed by atoms with van der Waals surface area (Å²) in [5.74, 6) is 0.520. The molecule has 0 unspecified atom stereocenters. The van der Waals surface area contributed by atoms with Gasteiger partial charge in [-0.05, 0) is 36.4 Å². The number of halogens is 2. The normalized spacial score (nSPS) is 10.2. The highest BCUT2D eigenvalue weighted by Gasteiger charge is 2.10. The van der Waals surface area contributed by atoms with Gasteiger partial charge in [-0.15, -0.1) is 0 Å². The lowest BCUT2D eigenvalue weighted by molar-refractivity contribution is -0.132. The van der Waals surface area contributed by atoms with E-state index in [9.17, 15) is 9.18 Å². The summed E-state index contributed by atoms with van der Waals surface area (Å²) in [5.41, 5.74) is 0. The molecule has 2 rings (SSSR count). The largest absolute Gasteiger partial charge is 0.492 e. The number of nitrogens with zero attached hydrogens (tertiary/aromatic N) is 1. The smallest absolute Gasteiger partial charge is 0.260 e. The third-order valence-electron chi connectivity index (χ3n) is 3.12. The third-order valence-corrected chi connectivity index (χ3v) is 3.43. The van der Waals surface area contributed by atoms with Crippen LogP contribution in [0.1, 0.15) is 0 Å². The molecule has 6 heteroatoms. The Kier molecular flexibility index (Phi) is 6.23. The first-order chi connectivity index (χ1) is 11.1. The average Bonchev–Trinajstić information content (AvgIpc) is 2.55. The Morgan fingerprint density at radius 2 is 1.83 bits per heavy atom. The van der Waals surface area contributed by atoms with Crippen LogP contribution in [0.3, 0.4) is 0 Å². The van der Waals surface area contributed by atoms with Gasteiger partial charge in [0.2, 0.25) is 0 Å². The Labute approximate surface area is 139 Å². The molecule has 0 aliphatic rings. The van der Waals surface area contributed by atoms with Gasteiger partial charge in [-0.2, -0.15) is 0 Å². The van der Waals surface area contributed by atoms with Gasteiger partial charge >= 0.3 is 0 Å². The maximum Gasteiger partial charge on any atom is 0.260 e. The van der Waals surface area contributed by atoms with E-state index < -0.39 is 0 Å². The molecule has 0 atom stereocenters. The third kappa shape index (κ3) is 5.45. The molecule has 0 aliphatic heterocycles. The molecule has 2 aromatic rings. The summed E-state index contributed by atoms with van der Waals surface area (Å²) in [4.78, 5) is 13.5. The molecule has 0 bridgehead atoms. The van der Waals surface area contributed by atoms with Crippen LogP contribution in [0.4, 0.5) is 4.39 Å². The Morgan fingerprint density at radius 1 is 1.13 bits per heavy atom. The second kappa shape index (κ2) is 8.39. The van der Waals surface area contributed by atoms with E-state index in [1.165, 1.54) is 29.2 Å². The molecule has 0 N–H and O–H groups in total. The van der Waals surface area contributed by atoms with Crippen molar-refractivity contribution in [2.24, 2.45) is 0 Å². The summed E-state index contributed by atoms with van der Waals surface area (Å²) in [6.07, 6.45) is 0. The standard InChI is InChI=1S/C17H17ClFNO3/c1-20(10-11-22-14-8-6-13(19)7-9-14)17(21)12-23-16-5-3-2-4-15(16)18/h2-9H,10-12H2,1H3. The van der Waals surface area contributed by atoms with Gasteiger partial charge in [0.25, 0.3) is 5.91 Å². The minimum Gasteiger partial charge on any atom is -0.492 e. The first-order valence-corrected chi connectivity index (χ1v) is 7.43. The van der Waals surface area contributed by atoms with Crippen LogP contribution in [0.5, 0.6) is 11.5 Å². The number of carbonyl (C=O) groups is 1. The van der Waals surface area contributed by atoms with Crippen LogP contribution >= 0.6 is 11.6 Å². The molecule has 23 heavy (non-hydrogen) atoms. The van der Waals surface area contributed by atoms with Crippen LogP contribution in [-0.4, -0.2) is 37.6 Å². The minimum atomic E-state index is -0.318. The monoisotopic (exact) mass is 337 g/mol. The molecule has 0 aliphatic carbocycles. The predicted molar refractivity (Wildman–Crippen MR) is 86.5 cm³/mol. The number of hydrogen-bond acceptors (Lipinski definition) is 3. The van der Waals surface area contributed by atoms with Crippen molar-refractivity contribution in [1.82, 2.24) is 4.90 Å². The number of para-hydroxylation sites is 1. The zero-order valence-corrected chi connectivity index (χ0v) is 13.4. The summed E-state index contributed by atoms with van der Waals surface area (Å²) in [7, 11) is 1.66. The molecule has 0 fully saturated rings. The zero-order chi connectivity index (χ0) is 16.7. The lowest BCUT2D eigenvalue weighted by Gasteiger charge is -2.18. The van der Waals surface area contributed by atoms with E-state index in [0.29, 0.717) is 29.7 Å². The topological polar surface area (TPSA) is 38.8 Å². The van der Waals surface area contributed by atoms with Crippen molar-refractivity contribution in [3.63, 3.8) is 0 Å². The summed E-state index contributed by atoms with van der Waals surface area (Å²) in [6, 6.07) is 12.7. The highest BCUT2D eigenvalue weighted by molar-refractivity contribution is 6.32. The fraction of sp³-hybridized carbons (Fsp3) is 0.235. The van der Waals surface area contributed by atoms with Gasteiger partial charge in [-0.25, -0.2) is 4.39 Å². The second-order valence-corrected chi connectivity index (χ2v) is 5.24. The van der Waals surface area contributed by atoms with Gasteiger partial charge in [-0.3, -0.25) is 4.79 Å². The SMILES string of the molecule is CN(CCOc1ccc(F)cc1)C(=O)COc1ccccc1Cl. The van der Waals surface area contributed by atoms with Crippen LogP contribution in [0.15, 0.2) is 48.5 Å². The maximum atomic E-state index is 12.8. The van der Waals surface area contributed by atoms with Crippen molar-refractivity contribution >= 4 is 17.5 Å². The lowest BCUT2D eigenvalue weighted by Crippen LogP contribution is -2.34. The fourth-order valence-electron chi connectivity index (χ4n) is 1.77. The number of hydrogen-bond donors (Lipinski definition) is 0. The highest BCUT2D eigenvalue weighted by atomic mass is 35.5. The highest BCUT2D eigenvalue weighted by Crippen LogP contribution is 2.22. The van der Waals surface area contributed by atoms with Crippen molar-refractivity contribution in [1.29, 1.82) is 0 Å². The summed E-state index contributed by atoms with van der Waals surface area (Å²) in [6.45, 7) is 0.596. The second-order valence-electron chi connectivity index (χ2n) is 4.84. The molecule has 0 heterocycles.